The molecule has 0 fully saturated rings. The molecule has 2 N–H and O–H groups in total. The number of anilines is 1. The lowest BCUT2D eigenvalue weighted by Gasteiger charge is -2.22. The van der Waals surface area contributed by atoms with E-state index in [9.17, 15) is 18.0 Å². The maximum atomic E-state index is 13.2. The summed E-state index contributed by atoms with van der Waals surface area (Å²) in [5, 5.41) is -0.467. The Morgan fingerprint density at radius 3 is 2.38 bits per heavy atom. The highest BCUT2D eigenvalue weighted by molar-refractivity contribution is 6.31. The van der Waals surface area contributed by atoms with Crippen LogP contribution in [0.3, 0.4) is 0 Å². The molecule has 0 aliphatic carbocycles. The number of carbonyl (C=O) groups is 1. The van der Waals surface area contributed by atoms with Crippen molar-refractivity contribution in [3.05, 3.63) is 64.8 Å². The molecule has 0 spiro atoms. The summed E-state index contributed by atoms with van der Waals surface area (Å²) >= 11 is 5.66. The van der Waals surface area contributed by atoms with Gasteiger partial charge in [0.05, 0.1) is 36.9 Å². The van der Waals surface area contributed by atoms with E-state index < -0.39 is 22.8 Å². The SMILES string of the molecule is COc1ncc(-c2ccc(CN(C(N)=O)c3ccc(Cl)c(C(F)(F)F)c3)cc2)c(OC)n1. The van der Waals surface area contributed by atoms with Crippen LogP contribution in [-0.2, 0) is 12.7 Å². The predicted molar refractivity (Wildman–Crippen MR) is 113 cm³/mol. The molecule has 0 atom stereocenters. The van der Waals surface area contributed by atoms with E-state index in [2.05, 4.69) is 9.97 Å². The molecule has 1 aromatic heterocycles. The zero-order valence-electron chi connectivity index (χ0n) is 17.0. The first-order valence-corrected chi connectivity index (χ1v) is 9.50. The first-order chi connectivity index (χ1) is 15.1. The average Bonchev–Trinajstić information content (AvgIpc) is 2.77. The highest BCUT2D eigenvalue weighted by Crippen LogP contribution is 2.37. The summed E-state index contributed by atoms with van der Waals surface area (Å²) in [7, 11) is 2.90. The van der Waals surface area contributed by atoms with E-state index in [1.54, 1.807) is 30.5 Å². The molecular weight excluding hydrogens is 449 g/mol. The standard InChI is InChI=1S/C21H18ClF3N4O3/c1-31-18-15(10-27-20(28-18)32-2)13-5-3-12(4-6-13)11-29(19(26)30)14-7-8-17(22)16(9-14)21(23,24)25/h3-10H,11H2,1-2H3,(H2,26,30). The normalized spacial score (nSPS) is 11.2. The summed E-state index contributed by atoms with van der Waals surface area (Å²) < 4.78 is 49.8. The summed E-state index contributed by atoms with van der Waals surface area (Å²) in [6, 6.07) is 9.31. The average molecular weight is 467 g/mol. The Labute approximate surface area is 186 Å². The third-order valence-electron chi connectivity index (χ3n) is 4.55. The van der Waals surface area contributed by atoms with Gasteiger partial charge in [-0.2, -0.15) is 18.2 Å². The van der Waals surface area contributed by atoms with Crippen LogP contribution in [0.2, 0.25) is 5.02 Å². The number of halogens is 4. The number of benzene rings is 2. The second-order valence-electron chi connectivity index (χ2n) is 6.56. The molecular formula is C21H18ClF3N4O3. The minimum atomic E-state index is -4.67. The van der Waals surface area contributed by atoms with E-state index in [0.29, 0.717) is 17.0 Å². The Kier molecular flexibility index (Phi) is 6.73. The Hall–Kier alpha value is -3.53. The van der Waals surface area contributed by atoms with Crippen molar-refractivity contribution in [2.24, 2.45) is 5.73 Å². The topological polar surface area (TPSA) is 90.6 Å². The maximum Gasteiger partial charge on any atom is 0.417 e. The second-order valence-corrected chi connectivity index (χ2v) is 6.97. The smallest absolute Gasteiger partial charge is 0.417 e. The van der Waals surface area contributed by atoms with E-state index >= 15 is 0 Å². The molecule has 2 aromatic carbocycles. The van der Waals surface area contributed by atoms with Gasteiger partial charge in [-0.05, 0) is 29.3 Å². The summed E-state index contributed by atoms with van der Waals surface area (Å²) in [6.45, 7) is -0.0508. The van der Waals surface area contributed by atoms with Crippen LogP contribution in [-0.4, -0.2) is 30.2 Å². The molecule has 1 heterocycles. The number of urea groups is 1. The lowest BCUT2D eigenvalue weighted by molar-refractivity contribution is -0.137. The van der Waals surface area contributed by atoms with Gasteiger partial charge >= 0.3 is 18.2 Å². The number of hydrogen-bond donors (Lipinski definition) is 1. The molecule has 32 heavy (non-hydrogen) atoms. The van der Waals surface area contributed by atoms with Crippen LogP contribution in [0.5, 0.6) is 11.9 Å². The Morgan fingerprint density at radius 2 is 1.81 bits per heavy atom. The number of nitrogens with two attached hydrogens (primary N) is 1. The van der Waals surface area contributed by atoms with E-state index in [0.717, 1.165) is 22.6 Å². The number of amides is 2. The van der Waals surface area contributed by atoms with E-state index in [4.69, 9.17) is 26.8 Å². The molecule has 0 unspecified atom stereocenters. The molecule has 7 nitrogen and oxygen atoms in total. The highest BCUT2D eigenvalue weighted by atomic mass is 35.5. The lowest BCUT2D eigenvalue weighted by atomic mass is 10.1. The summed E-state index contributed by atoms with van der Waals surface area (Å²) in [6.07, 6.45) is -3.13. The molecule has 3 rings (SSSR count). The number of nitrogens with zero attached hydrogens (tertiary/aromatic N) is 3. The number of hydrogen-bond acceptors (Lipinski definition) is 5. The van der Waals surface area contributed by atoms with Gasteiger partial charge in [0.1, 0.15) is 0 Å². The Morgan fingerprint density at radius 1 is 1.12 bits per heavy atom. The minimum absolute atomic E-state index is 0.0245. The van der Waals surface area contributed by atoms with Crippen molar-refractivity contribution < 1.29 is 27.4 Å². The molecule has 0 radical (unpaired) electrons. The van der Waals surface area contributed by atoms with Crippen molar-refractivity contribution in [1.29, 1.82) is 0 Å². The monoisotopic (exact) mass is 466 g/mol. The zero-order chi connectivity index (χ0) is 23.5. The van der Waals surface area contributed by atoms with E-state index in [-0.39, 0.29) is 18.2 Å². The molecule has 3 aromatic rings. The van der Waals surface area contributed by atoms with Crippen LogP contribution in [0.1, 0.15) is 11.1 Å². The Bertz CT molecular complexity index is 1120. The highest BCUT2D eigenvalue weighted by Gasteiger charge is 2.34. The minimum Gasteiger partial charge on any atom is -0.480 e. The van der Waals surface area contributed by atoms with Gasteiger partial charge in [0.2, 0.25) is 5.88 Å². The molecule has 0 aliphatic heterocycles. The fraction of sp³-hybridized carbons (Fsp3) is 0.190. The largest absolute Gasteiger partial charge is 0.480 e. The van der Waals surface area contributed by atoms with Crippen molar-refractivity contribution in [2.45, 2.75) is 12.7 Å². The number of rotatable bonds is 6. The number of aromatic nitrogens is 2. The van der Waals surface area contributed by atoms with Gasteiger partial charge in [-0.15, -0.1) is 0 Å². The van der Waals surface area contributed by atoms with Gasteiger partial charge in [-0.1, -0.05) is 35.9 Å². The van der Waals surface area contributed by atoms with Crippen LogP contribution in [0.4, 0.5) is 23.7 Å². The van der Waals surface area contributed by atoms with E-state index in [1.807, 2.05) is 0 Å². The number of ether oxygens (including phenoxy) is 2. The summed E-state index contributed by atoms with van der Waals surface area (Å²) in [4.78, 5) is 21.2. The molecule has 0 bridgehead atoms. The van der Waals surface area contributed by atoms with Crippen molar-refractivity contribution in [3.8, 4) is 23.0 Å². The predicted octanol–water partition coefficient (Wildman–Crippen LogP) is 4.92. The van der Waals surface area contributed by atoms with Crippen LogP contribution in [0, 0.1) is 0 Å². The van der Waals surface area contributed by atoms with Gasteiger partial charge in [-0.25, -0.2) is 9.78 Å². The van der Waals surface area contributed by atoms with Gasteiger partial charge < -0.3 is 15.2 Å². The van der Waals surface area contributed by atoms with Crippen molar-refractivity contribution in [1.82, 2.24) is 9.97 Å². The first kappa shape index (κ1) is 23.1. The van der Waals surface area contributed by atoms with Crippen LogP contribution in [0.25, 0.3) is 11.1 Å². The van der Waals surface area contributed by atoms with E-state index in [1.165, 1.54) is 20.3 Å². The van der Waals surface area contributed by atoms with Crippen molar-refractivity contribution >= 4 is 23.3 Å². The van der Waals surface area contributed by atoms with Crippen molar-refractivity contribution in [2.75, 3.05) is 19.1 Å². The van der Waals surface area contributed by atoms with Crippen LogP contribution < -0.4 is 20.1 Å². The lowest BCUT2D eigenvalue weighted by Crippen LogP contribution is -2.35. The number of methoxy groups -OCH3 is 2. The van der Waals surface area contributed by atoms with Crippen molar-refractivity contribution in [3.63, 3.8) is 0 Å². The third-order valence-corrected chi connectivity index (χ3v) is 4.88. The second kappa shape index (κ2) is 9.31. The third kappa shape index (κ3) is 5.02. The number of primary amides is 1. The van der Waals surface area contributed by atoms with Crippen LogP contribution >= 0.6 is 11.6 Å². The number of alkyl halides is 3. The summed E-state index contributed by atoms with van der Waals surface area (Å²) in [5.41, 5.74) is 6.32. The summed E-state index contributed by atoms with van der Waals surface area (Å²) in [5.74, 6) is 0.309. The van der Waals surface area contributed by atoms with Gasteiger partial charge in [0.25, 0.3) is 0 Å². The molecule has 0 aliphatic rings. The molecule has 0 saturated carbocycles. The quantitative estimate of drug-likeness (QED) is 0.557. The zero-order valence-corrected chi connectivity index (χ0v) is 17.7. The number of carbonyl (C=O) groups excluding carboxylic acids is 1. The van der Waals surface area contributed by atoms with Gasteiger partial charge in [-0.3, -0.25) is 4.90 Å². The van der Waals surface area contributed by atoms with Gasteiger partial charge in [0.15, 0.2) is 0 Å². The maximum absolute atomic E-state index is 13.2. The Balaban J connectivity index is 1.89. The molecule has 2 amide bonds. The van der Waals surface area contributed by atoms with Crippen LogP contribution in [0.15, 0.2) is 48.7 Å². The van der Waals surface area contributed by atoms with Gasteiger partial charge in [0, 0.05) is 11.9 Å². The molecule has 11 heteroatoms. The first-order valence-electron chi connectivity index (χ1n) is 9.12. The fourth-order valence-electron chi connectivity index (χ4n) is 2.97. The molecule has 0 saturated heterocycles. The fourth-order valence-corrected chi connectivity index (χ4v) is 3.19. The molecule has 168 valence electrons.